The van der Waals surface area contributed by atoms with Crippen LogP contribution < -0.4 is 0 Å². The van der Waals surface area contributed by atoms with E-state index in [2.05, 4.69) is 19.1 Å². The second kappa shape index (κ2) is 3.45. The lowest BCUT2D eigenvalue weighted by atomic mass is 10.0. The van der Waals surface area contributed by atoms with Crippen LogP contribution in [0.3, 0.4) is 0 Å². The minimum Gasteiger partial charge on any atom is -0.494 e. The Morgan fingerprint density at radius 2 is 2.40 bits per heavy atom. The fourth-order valence-electron chi connectivity index (χ4n) is 1.12. The van der Waals surface area contributed by atoms with Crippen LogP contribution in [0.15, 0.2) is 24.5 Å². The summed E-state index contributed by atoms with van der Waals surface area (Å²) >= 11 is 0. The minimum atomic E-state index is 0.310. The van der Waals surface area contributed by atoms with Gasteiger partial charge in [-0.3, -0.25) is 0 Å². The number of ether oxygens (including phenoxy) is 1. The average Bonchev–Trinajstić information content (AvgIpc) is 1.88. The van der Waals surface area contributed by atoms with E-state index in [1.807, 2.05) is 13.0 Å². The molecule has 10 heavy (non-hydrogen) atoms. The molecule has 1 heteroatoms. The fraction of sp³-hybridized carbons (Fsp3) is 0.556. The molecule has 56 valence electrons. The summed E-state index contributed by atoms with van der Waals surface area (Å²) in [5, 5.41) is 0. The van der Waals surface area contributed by atoms with Crippen molar-refractivity contribution in [1.29, 1.82) is 0 Å². The molecule has 0 bridgehead atoms. The predicted molar refractivity (Wildman–Crippen MR) is 42.6 cm³/mol. The van der Waals surface area contributed by atoms with E-state index in [0.717, 1.165) is 6.42 Å². The van der Waals surface area contributed by atoms with Gasteiger partial charge in [-0.15, -0.1) is 0 Å². The molecule has 0 fully saturated rings. The maximum atomic E-state index is 5.32. The highest BCUT2D eigenvalue weighted by atomic mass is 16.5. The lowest BCUT2D eigenvalue weighted by Crippen LogP contribution is -2.14. The van der Waals surface area contributed by atoms with Crippen molar-refractivity contribution < 1.29 is 4.74 Å². The Morgan fingerprint density at radius 1 is 1.60 bits per heavy atom. The van der Waals surface area contributed by atoms with E-state index < -0.39 is 0 Å². The van der Waals surface area contributed by atoms with E-state index in [1.54, 1.807) is 6.26 Å². The Hall–Kier alpha value is -0.720. The maximum Gasteiger partial charge on any atom is 0.116 e. The Kier molecular flexibility index (Phi) is 2.55. The van der Waals surface area contributed by atoms with Gasteiger partial charge >= 0.3 is 0 Å². The van der Waals surface area contributed by atoms with Crippen molar-refractivity contribution in [2.24, 2.45) is 5.92 Å². The zero-order valence-corrected chi connectivity index (χ0v) is 6.58. The van der Waals surface area contributed by atoms with Crippen LogP contribution in [0.5, 0.6) is 0 Å². The van der Waals surface area contributed by atoms with Crippen molar-refractivity contribution in [1.82, 2.24) is 0 Å². The zero-order valence-electron chi connectivity index (χ0n) is 6.58. The van der Waals surface area contributed by atoms with Gasteiger partial charge in [0.15, 0.2) is 0 Å². The summed E-state index contributed by atoms with van der Waals surface area (Å²) in [6.45, 7) is 4.22. The molecule has 1 heterocycles. The highest BCUT2D eigenvalue weighted by Gasteiger charge is 2.11. The van der Waals surface area contributed by atoms with Gasteiger partial charge < -0.3 is 4.74 Å². The summed E-state index contributed by atoms with van der Waals surface area (Å²) in [4.78, 5) is 0. The standard InChI is InChI=1S/C9H14O/c1-3-4-9-7-8(2)5-6-10-9/h3-6,8-9H,7H2,1-2H3/b4-3+. The molecular weight excluding hydrogens is 124 g/mol. The van der Waals surface area contributed by atoms with Crippen LogP contribution in [-0.4, -0.2) is 6.10 Å². The van der Waals surface area contributed by atoms with Crippen LogP contribution in [0, 0.1) is 5.92 Å². The van der Waals surface area contributed by atoms with Gasteiger partial charge in [-0.2, -0.15) is 0 Å². The third-order valence-electron chi connectivity index (χ3n) is 1.67. The zero-order chi connectivity index (χ0) is 7.40. The van der Waals surface area contributed by atoms with Gasteiger partial charge in [-0.05, 0) is 31.4 Å². The Morgan fingerprint density at radius 3 is 3.00 bits per heavy atom. The van der Waals surface area contributed by atoms with Gasteiger partial charge in [-0.25, -0.2) is 0 Å². The molecule has 0 spiro atoms. The average molecular weight is 138 g/mol. The first kappa shape index (κ1) is 7.39. The third-order valence-corrected chi connectivity index (χ3v) is 1.67. The van der Waals surface area contributed by atoms with Crippen LogP contribution in [0.25, 0.3) is 0 Å². The van der Waals surface area contributed by atoms with Gasteiger partial charge in [-0.1, -0.05) is 13.0 Å². The second-order valence-electron chi connectivity index (χ2n) is 2.74. The summed E-state index contributed by atoms with van der Waals surface area (Å²) in [7, 11) is 0. The summed E-state index contributed by atoms with van der Waals surface area (Å²) in [6.07, 6.45) is 9.46. The molecule has 1 aliphatic rings. The minimum absolute atomic E-state index is 0.310. The molecule has 0 saturated carbocycles. The summed E-state index contributed by atoms with van der Waals surface area (Å²) in [5.74, 6) is 0.662. The molecule has 2 unspecified atom stereocenters. The normalized spacial score (nSPS) is 32.6. The SMILES string of the molecule is C/C=C/C1CC(C)C=CO1. The Bertz CT molecular complexity index is 147. The smallest absolute Gasteiger partial charge is 0.116 e. The molecule has 0 saturated heterocycles. The monoisotopic (exact) mass is 138 g/mol. The van der Waals surface area contributed by atoms with Crippen molar-refractivity contribution in [3.05, 3.63) is 24.5 Å². The molecule has 0 aromatic heterocycles. The first-order valence-corrected chi connectivity index (χ1v) is 3.78. The molecule has 0 N–H and O–H groups in total. The Balaban J connectivity index is 2.44. The van der Waals surface area contributed by atoms with Crippen LogP contribution in [0.4, 0.5) is 0 Å². The van der Waals surface area contributed by atoms with E-state index in [0.29, 0.717) is 12.0 Å². The first-order chi connectivity index (χ1) is 4.83. The van der Waals surface area contributed by atoms with Crippen molar-refractivity contribution in [3.63, 3.8) is 0 Å². The van der Waals surface area contributed by atoms with Crippen LogP contribution >= 0.6 is 0 Å². The van der Waals surface area contributed by atoms with Crippen molar-refractivity contribution in [2.75, 3.05) is 0 Å². The van der Waals surface area contributed by atoms with Gasteiger partial charge in [0.2, 0.25) is 0 Å². The molecule has 0 aromatic rings. The molecule has 1 rings (SSSR count). The second-order valence-corrected chi connectivity index (χ2v) is 2.74. The van der Waals surface area contributed by atoms with E-state index >= 15 is 0 Å². The fourth-order valence-corrected chi connectivity index (χ4v) is 1.12. The van der Waals surface area contributed by atoms with Crippen LogP contribution in [0.1, 0.15) is 20.3 Å². The highest BCUT2D eigenvalue weighted by molar-refractivity contribution is 4.96. The number of hydrogen-bond acceptors (Lipinski definition) is 1. The van der Waals surface area contributed by atoms with E-state index in [4.69, 9.17) is 4.74 Å². The molecule has 0 aromatic carbocycles. The lowest BCUT2D eigenvalue weighted by molar-refractivity contribution is 0.148. The van der Waals surface area contributed by atoms with Gasteiger partial charge in [0.1, 0.15) is 6.10 Å². The summed E-state index contributed by atoms with van der Waals surface area (Å²) in [6, 6.07) is 0. The number of rotatable bonds is 1. The molecular formula is C9H14O. The molecule has 0 radical (unpaired) electrons. The highest BCUT2D eigenvalue weighted by Crippen LogP contribution is 2.16. The van der Waals surface area contributed by atoms with Crippen LogP contribution in [0.2, 0.25) is 0 Å². The Labute approximate surface area is 62.4 Å². The van der Waals surface area contributed by atoms with Gasteiger partial charge in [0.05, 0.1) is 6.26 Å². The predicted octanol–water partition coefficient (Wildman–Crippen LogP) is 2.50. The van der Waals surface area contributed by atoms with E-state index in [1.165, 1.54) is 0 Å². The molecule has 1 nitrogen and oxygen atoms in total. The maximum absolute atomic E-state index is 5.32. The topological polar surface area (TPSA) is 9.23 Å². The molecule has 1 aliphatic heterocycles. The van der Waals surface area contributed by atoms with Crippen molar-refractivity contribution in [3.8, 4) is 0 Å². The van der Waals surface area contributed by atoms with Crippen molar-refractivity contribution in [2.45, 2.75) is 26.4 Å². The van der Waals surface area contributed by atoms with Crippen LogP contribution in [-0.2, 0) is 4.74 Å². The summed E-state index contributed by atoms with van der Waals surface area (Å²) in [5.41, 5.74) is 0. The van der Waals surface area contributed by atoms with Crippen molar-refractivity contribution >= 4 is 0 Å². The lowest BCUT2D eigenvalue weighted by Gasteiger charge is -2.19. The summed E-state index contributed by atoms with van der Waals surface area (Å²) < 4.78 is 5.32. The third kappa shape index (κ3) is 1.90. The van der Waals surface area contributed by atoms with E-state index in [-0.39, 0.29) is 0 Å². The largest absolute Gasteiger partial charge is 0.494 e. The number of allylic oxidation sites excluding steroid dienone is 2. The first-order valence-electron chi connectivity index (χ1n) is 3.78. The van der Waals surface area contributed by atoms with E-state index in [9.17, 15) is 0 Å². The van der Waals surface area contributed by atoms with Gasteiger partial charge in [0, 0.05) is 0 Å². The quantitative estimate of drug-likeness (QED) is 0.506. The molecule has 0 amide bonds. The molecule has 2 atom stereocenters. The number of hydrogen-bond donors (Lipinski definition) is 0. The van der Waals surface area contributed by atoms with Gasteiger partial charge in [0.25, 0.3) is 0 Å². The molecule has 0 aliphatic carbocycles.